The summed E-state index contributed by atoms with van der Waals surface area (Å²) in [5.41, 5.74) is -0.795. The van der Waals surface area contributed by atoms with E-state index in [0.717, 1.165) is 18.9 Å². The number of hydrogen-bond acceptors (Lipinski definition) is 4. The average molecular weight is 302 g/mol. The number of alkyl halides is 3. The van der Waals surface area contributed by atoms with Gasteiger partial charge in [-0.25, -0.2) is 4.98 Å². The van der Waals surface area contributed by atoms with Crippen LogP contribution in [0.15, 0.2) is 6.07 Å². The molecule has 0 bridgehead atoms. The van der Waals surface area contributed by atoms with Crippen molar-refractivity contribution in [2.75, 3.05) is 29.9 Å². The molecule has 0 unspecified atom stereocenters. The highest BCUT2D eigenvalue weighted by Gasteiger charge is 2.36. The highest BCUT2D eigenvalue weighted by Crippen LogP contribution is 2.35. The van der Waals surface area contributed by atoms with Gasteiger partial charge in [-0.1, -0.05) is 20.8 Å². The maximum atomic E-state index is 13.0. The lowest BCUT2D eigenvalue weighted by molar-refractivity contribution is -0.141. The lowest BCUT2D eigenvalue weighted by atomic mass is 9.93. The zero-order valence-electron chi connectivity index (χ0n) is 12.6. The zero-order valence-corrected chi connectivity index (χ0v) is 12.6. The van der Waals surface area contributed by atoms with Gasteiger partial charge in [0, 0.05) is 25.7 Å². The number of nitrogens with zero attached hydrogens (tertiary/aromatic N) is 3. The topological polar surface area (TPSA) is 41.1 Å². The van der Waals surface area contributed by atoms with E-state index in [9.17, 15) is 13.2 Å². The predicted molar refractivity (Wildman–Crippen MR) is 76.4 cm³/mol. The van der Waals surface area contributed by atoms with Crippen LogP contribution in [-0.2, 0) is 6.18 Å². The van der Waals surface area contributed by atoms with Gasteiger partial charge in [-0.3, -0.25) is 0 Å². The number of halogens is 3. The SMILES string of the molecule is CCCNc1nc(N2CCC(C)(C)C2)cc(C(F)(F)F)n1. The van der Waals surface area contributed by atoms with Gasteiger partial charge >= 0.3 is 6.18 Å². The first kappa shape index (κ1) is 15.9. The molecule has 21 heavy (non-hydrogen) atoms. The maximum Gasteiger partial charge on any atom is 0.433 e. The highest BCUT2D eigenvalue weighted by molar-refractivity contribution is 5.46. The van der Waals surface area contributed by atoms with Gasteiger partial charge in [0.2, 0.25) is 5.95 Å². The summed E-state index contributed by atoms with van der Waals surface area (Å²) < 4.78 is 38.9. The summed E-state index contributed by atoms with van der Waals surface area (Å²) in [5.74, 6) is 0.396. The van der Waals surface area contributed by atoms with E-state index < -0.39 is 11.9 Å². The van der Waals surface area contributed by atoms with E-state index in [-0.39, 0.29) is 11.4 Å². The van der Waals surface area contributed by atoms with Crippen molar-refractivity contribution in [2.24, 2.45) is 5.41 Å². The summed E-state index contributed by atoms with van der Waals surface area (Å²) in [6, 6.07) is 1.04. The number of anilines is 2. The van der Waals surface area contributed by atoms with Crippen LogP contribution in [0, 0.1) is 5.41 Å². The standard InChI is InChI=1S/C14H21F3N4/c1-4-6-18-12-19-10(14(15,16)17)8-11(20-12)21-7-5-13(2,3)9-21/h8H,4-7,9H2,1-3H3,(H,18,19,20). The molecule has 2 heterocycles. The second-order valence-corrected chi connectivity index (χ2v) is 6.20. The summed E-state index contributed by atoms with van der Waals surface area (Å²) in [7, 11) is 0. The molecule has 0 atom stereocenters. The second-order valence-electron chi connectivity index (χ2n) is 6.20. The average Bonchev–Trinajstić information content (AvgIpc) is 2.75. The fourth-order valence-corrected chi connectivity index (χ4v) is 2.37. The molecule has 1 saturated heterocycles. The highest BCUT2D eigenvalue weighted by atomic mass is 19.4. The van der Waals surface area contributed by atoms with Gasteiger partial charge in [-0.15, -0.1) is 0 Å². The summed E-state index contributed by atoms with van der Waals surface area (Å²) >= 11 is 0. The van der Waals surface area contributed by atoms with Crippen LogP contribution < -0.4 is 10.2 Å². The Balaban J connectivity index is 2.31. The van der Waals surface area contributed by atoms with Crippen molar-refractivity contribution < 1.29 is 13.2 Å². The zero-order chi connectivity index (χ0) is 15.7. The van der Waals surface area contributed by atoms with E-state index in [1.165, 1.54) is 0 Å². The maximum absolute atomic E-state index is 13.0. The van der Waals surface area contributed by atoms with Crippen molar-refractivity contribution in [3.63, 3.8) is 0 Å². The summed E-state index contributed by atoms with van der Waals surface area (Å²) in [6.07, 6.45) is -2.72. The van der Waals surface area contributed by atoms with Crippen molar-refractivity contribution in [3.8, 4) is 0 Å². The molecule has 1 aliphatic rings. The van der Waals surface area contributed by atoms with Crippen molar-refractivity contribution in [1.82, 2.24) is 9.97 Å². The lowest BCUT2D eigenvalue weighted by Crippen LogP contribution is -2.25. The van der Waals surface area contributed by atoms with Crippen LogP contribution >= 0.6 is 0 Å². The van der Waals surface area contributed by atoms with E-state index in [0.29, 0.717) is 25.5 Å². The third-order valence-corrected chi connectivity index (χ3v) is 3.54. The first-order valence-corrected chi connectivity index (χ1v) is 7.16. The van der Waals surface area contributed by atoms with Crippen molar-refractivity contribution in [2.45, 2.75) is 39.8 Å². The lowest BCUT2D eigenvalue weighted by Gasteiger charge is -2.22. The minimum Gasteiger partial charge on any atom is -0.356 e. The molecule has 2 rings (SSSR count). The molecule has 1 fully saturated rings. The first-order chi connectivity index (χ1) is 9.71. The Morgan fingerprint density at radius 1 is 1.33 bits per heavy atom. The Bertz CT molecular complexity index is 499. The van der Waals surface area contributed by atoms with Crippen molar-refractivity contribution in [3.05, 3.63) is 11.8 Å². The van der Waals surface area contributed by atoms with Gasteiger partial charge in [0.15, 0.2) is 5.69 Å². The molecule has 1 aromatic rings. The van der Waals surface area contributed by atoms with E-state index >= 15 is 0 Å². The minimum absolute atomic E-state index is 0.0476. The second kappa shape index (κ2) is 5.69. The number of hydrogen-bond donors (Lipinski definition) is 1. The van der Waals surface area contributed by atoms with E-state index in [1.54, 1.807) is 0 Å². The molecule has 0 aliphatic carbocycles. The van der Waals surface area contributed by atoms with E-state index in [2.05, 4.69) is 29.1 Å². The van der Waals surface area contributed by atoms with Gasteiger partial charge < -0.3 is 10.2 Å². The summed E-state index contributed by atoms with van der Waals surface area (Å²) in [6.45, 7) is 8.12. The summed E-state index contributed by atoms with van der Waals surface area (Å²) in [4.78, 5) is 9.71. The smallest absolute Gasteiger partial charge is 0.356 e. The number of nitrogens with one attached hydrogen (secondary N) is 1. The fourth-order valence-electron chi connectivity index (χ4n) is 2.37. The van der Waals surface area contributed by atoms with Crippen molar-refractivity contribution in [1.29, 1.82) is 0 Å². The first-order valence-electron chi connectivity index (χ1n) is 7.16. The fraction of sp³-hybridized carbons (Fsp3) is 0.714. The Hall–Kier alpha value is -1.53. The molecule has 0 radical (unpaired) electrons. The van der Waals surface area contributed by atoms with Crippen LogP contribution in [0.2, 0.25) is 0 Å². The molecule has 0 saturated carbocycles. The summed E-state index contributed by atoms with van der Waals surface area (Å²) in [5, 5.41) is 2.84. The van der Waals surface area contributed by atoms with Crippen molar-refractivity contribution >= 4 is 11.8 Å². The van der Waals surface area contributed by atoms with Gasteiger partial charge in [0.25, 0.3) is 0 Å². The van der Waals surface area contributed by atoms with Crippen LogP contribution in [0.25, 0.3) is 0 Å². The third-order valence-electron chi connectivity index (χ3n) is 3.54. The van der Waals surface area contributed by atoms with Crippen LogP contribution in [0.5, 0.6) is 0 Å². The third kappa shape index (κ3) is 3.98. The molecule has 118 valence electrons. The molecule has 7 heteroatoms. The predicted octanol–water partition coefficient (Wildman–Crippen LogP) is 3.55. The molecule has 4 nitrogen and oxygen atoms in total. The quantitative estimate of drug-likeness (QED) is 0.923. The Labute approximate surface area is 122 Å². The monoisotopic (exact) mass is 302 g/mol. The van der Waals surface area contributed by atoms with Gasteiger partial charge in [-0.05, 0) is 18.3 Å². The molecule has 1 aliphatic heterocycles. The van der Waals surface area contributed by atoms with Crippen LogP contribution in [0.4, 0.5) is 24.9 Å². The molecular formula is C14H21F3N4. The van der Waals surface area contributed by atoms with E-state index in [1.807, 2.05) is 11.8 Å². The Kier molecular flexibility index (Phi) is 4.30. The van der Waals surface area contributed by atoms with Crippen LogP contribution in [-0.4, -0.2) is 29.6 Å². The molecule has 0 amide bonds. The molecule has 1 aromatic heterocycles. The minimum atomic E-state index is -4.46. The van der Waals surface area contributed by atoms with Gasteiger partial charge in [0.1, 0.15) is 5.82 Å². The van der Waals surface area contributed by atoms with Crippen LogP contribution in [0.3, 0.4) is 0 Å². The number of aromatic nitrogens is 2. The van der Waals surface area contributed by atoms with Gasteiger partial charge in [-0.2, -0.15) is 18.2 Å². The molecule has 0 spiro atoms. The molecule has 1 N–H and O–H groups in total. The van der Waals surface area contributed by atoms with Gasteiger partial charge in [0.05, 0.1) is 0 Å². The molecular weight excluding hydrogens is 281 g/mol. The van der Waals surface area contributed by atoms with E-state index in [4.69, 9.17) is 0 Å². The largest absolute Gasteiger partial charge is 0.433 e. The normalized spacial score (nSPS) is 18.1. The molecule has 0 aromatic carbocycles. The Morgan fingerprint density at radius 3 is 2.57 bits per heavy atom. The number of rotatable bonds is 4. The van der Waals surface area contributed by atoms with Crippen LogP contribution in [0.1, 0.15) is 39.3 Å². The Morgan fingerprint density at radius 2 is 2.05 bits per heavy atom.